The van der Waals surface area contributed by atoms with Crippen molar-refractivity contribution in [2.24, 2.45) is 0 Å². The summed E-state index contributed by atoms with van der Waals surface area (Å²) in [4.78, 5) is 11.0. The fourth-order valence-corrected chi connectivity index (χ4v) is 0.855. The normalized spacial score (nSPS) is 14.1. The highest BCUT2D eigenvalue weighted by Gasteiger charge is 2.20. The largest absolute Gasteiger partial charge is 0.388 e. The maximum absolute atomic E-state index is 11.0. The van der Waals surface area contributed by atoms with E-state index in [1.807, 2.05) is 0 Å². The fraction of sp³-hybridized carbons (Fsp3) is 0.700. The minimum atomic E-state index is -0.944. The Hall–Kier alpha value is -1.05. The van der Waals surface area contributed by atoms with Crippen molar-refractivity contribution in [2.75, 3.05) is 20.3 Å². The number of hydrogen-bond acceptors (Lipinski definition) is 3. The predicted molar refractivity (Wildman–Crippen MR) is 53.6 cm³/mol. The van der Waals surface area contributed by atoms with Gasteiger partial charge in [-0.15, -0.1) is 6.42 Å². The third-order valence-electron chi connectivity index (χ3n) is 1.77. The molecule has 0 aromatic heterocycles. The summed E-state index contributed by atoms with van der Waals surface area (Å²) < 4.78 is 4.83. The molecule has 0 rings (SSSR count). The first-order valence-corrected chi connectivity index (χ1v) is 4.43. The van der Waals surface area contributed by atoms with Gasteiger partial charge in [0.25, 0.3) is 0 Å². The predicted octanol–water partition coefficient (Wildman–Crippen LogP) is -0.0866. The standard InChI is InChI=1S/C10H17NO3/c1-4-5-9(12)11-8-10(2,13)6-7-14-3/h1,13H,5-8H2,2-3H3,(H,11,12). The van der Waals surface area contributed by atoms with E-state index in [2.05, 4.69) is 11.2 Å². The van der Waals surface area contributed by atoms with Gasteiger partial charge < -0.3 is 15.2 Å². The Kier molecular flexibility index (Phi) is 5.93. The van der Waals surface area contributed by atoms with Gasteiger partial charge in [-0.2, -0.15) is 0 Å². The van der Waals surface area contributed by atoms with Crippen LogP contribution in [0.25, 0.3) is 0 Å². The number of terminal acetylenes is 1. The van der Waals surface area contributed by atoms with Crippen molar-refractivity contribution in [3.63, 3.8) is 0 Å². The molecule has 0 fully saturated rings. The number of hydrogen-bond donors (Lipinski definition) is 2. The van der Waals surface area contributed by atoms with E-state index in [1.54, 1.807) is 14.0 Å². The van der Waals surface area contributed by atoms with Gasteiger partial charge in [0.1, 0.15) is 0 Å². The summed E-state index contributed by atoms with van der Waals surface area (Å²) in [5.41, 5.74) is -0.944. The number of aliphatic hydroxyl groups is 1. The maximum Gasteiger partial charge on any atom is 0.232 e. The molecule has 4 nitrogen and oxygen atoms in total. The molecule has 80 valence electrons. The first-order chi connectivity index (χ1) is 6.52. The summed E-state index contributed by atoms with van der Waals surface area (Å²) in [6.45, 7) is 2.29. The van der Waals surface area contributed by atoms with E-state index in [1.165, 1.54) is 0 Å². The molecule has 0 bridgehead atoms. The Labute approximate surface area is 84.6 Å². The lowest BCUT2D eigenvalue weighted by Crippen LogP contribution is -2.41. The summed E-state index contributed by atoms with van der Waals surface area (Å²) in [5.74, 6) is 1.98. The van der Waals surface area contributed by atoms with Crippen molar-refractivity contribution in [2.45, 2.75) is 25.4 Å². The van der Waals surface area contributed by atoms with Crippen LogP contribution in [0.3, 0.4) is 0 Å². The molecule has 1 atom stereocenters. The Balaban J connectivity index is 3.75. The zero-order chi connectivity index (χ0) is 11.0. The van der Waals surface area contributed by atoms with Crippen LogP contribution < -0.4 is 5.32 Å². The molecule has 0 aliphatic carbocycles. The van der Waals surface area contributed by atoms with Crippen molar-refractivity contribution in [3.05, 3.63) is 0 Å². The highest BCUT2D eigenvalue weighted by Crippen LogP contribution is 2.07. The van der Waals surface area contributed by atoms with Crippen LogP contribution in [0.1, 0.15) is 19.8 Å². The van der Waals surface area contributed by atoms with Crippen molar-refractivity contribution >= 4 is 5.91 Å². The number of rotatable bonds is 6. The molecule has 1 amide bonds. The quantitative estimate of drug-likeness (QED) is 0.588. The molecule has 0 spiro atoms. The van der Waals surface area contributed by atoms with Crippen LogP contribution in [0.15, 0.2) is 0 Å². The molecule has 0 saturated carbocycles. The van der Waals surface area contributed by atoms with E-state index in [0.717, 1.165) is 0 Å². The van der Waals surface area contributed by atoms with E-state index in [9.17, 15) is 9.90 Å². The van der Waals surface area contributed by atoms with Gasteiger partial charge in [0.15, 0.2) is 0 Å². The van der Waals surface area contributed by atoms with E-state index in [-0.39, 0.29) is 18.9 Å². The monoisotopic (exact) mass is 199 g/mol. The number of carbonyl (C=O) groups excluding carboxylic acids is 1. The molecular weight excluding hydrogens is 182 g/mol. The first-order valence-electron chi connectivity index (χ1n) is 4.43. The van der Waals surface area contributed by atoms with Gasteiger partial charge >= 0.3 is 0 Å². The van der Waals surface area contributed by atoms with Gasteiger partial charge in [0.2, 0.25) is 5.91 Å². The average Bonchev–Trinajstić information content (AvgIpc) is 2.13. The molecule has 4 heteroatoms. The van der Waals surface area contributed by atoms with Gasteiger partial charge in [0, 0.05) is 26.7 Å². The molecule has 14 heavy (non-hydrogen) atoms. The Morgan fingerprint density at radius 2 is 2.36 bits per heavy atom. The molecule has 0 heterocycles. The molecule has 0 aliphatic rings. The van der Waals surface area contributed by atoms with E-state index in [0.29, 0.717) is 13.0 Å². The van der Waals surface area contributed by atoms with E-state index in [4.69, 9.17) is 11.2 Å². The number of methoxy groups -OCH3 is 1. The second kappa shape index (κ2) is 6.41. The van der Waals surface area contributed by atoms with Gasteiger partial charge in [-0.05, 0) is 6.92 Å². The highest BCUT2D eigenvalue weighted by molar-refractivity contribution is 5.78. The number of amides is 1. The summed E-state index contributed by atoms with van der Waals surface area (Å²) in [6, 6.07) is 0. The van der Waals surface area contributed by atoms with E-state index >= 15 is 0 Å². The fourth-order valence-electron chi connectivity index (χ4n) is 0.855. The van der Waals surface area contributed by atoms with Gasteiger partial charge in [-0.3, -0.25) is 4.79 Å². The molecule has 0 radical (unpaired) electrons. The zero-order valence-electron chi connectivity index (χ0n) is 8.67. The van der Waals surface area contributed by atoms with Gasteiger partial charge in [-0.25, -0.2) is 0 Å². The first kappa shape index (κ1) is 12.9. The summed E-state index contributed by atoms with van der Waals surface area (Å²) in [7, 11) is 1.56. The van der Waals surface area contributed by atoms with Crippen LogP contribution >= 0.6 is 0 Å². The average molecular weight is 199 g/mol. The van der Waals surface area contributed by atoms with Crippen LogP contribution in [-0.4, -0.2) is 36.9 Å². The van der Waals surface area contributed by atoms with Crippen LogP contribution in [-0.2, 0) is 9.53 Å². The van der Waals surface area contributed by atoms with Gasteiger partial charge in [-0.1, -0.05) is 5.92 Å². The molecule has 0 aromatic carbocycles. The summed E-state index contributed by atoms with van der Waals surface area (Å²) >= 11 is 0. The number of carbonyl (C=O) groups is 1. The third-order valence-corrected chi connectivity index (χ3v) is 1.77. The topological polar surface area (TPSA) is 58.6 Å². The van der Waals surface area contributed by atoms with Crippen LogP contribution in [0.5, 0.6) is 0 Å². The van der Waals surface area contributed by atoms with Crippen molar-refractivity contribution in [1.82, 2.24) is 5.32 Å². The Morgan fingerprint density at radius 3 is 2.86 bits per heavy atom. The molecule has 1 unspecified atom stereocenters. The maximum atomic E-state index is 11.0. The Bertz CT molecular complexity index is 218. The van der Waals surface area contributed by atoms with Gasteiger partial charge in [0.05, 0.1) is 12.0 Å². The SMILES string of the molecule is C#CCC(=O)NCC(C)(O)CCOC. The van der Waals surface area contributed by atoms with Crippen LogP contribution in [0.4, 0.5) is 0 Å². The molecular formula is C10H17NO3. The smallest absolute Gasteiger partial charge is 0.232 e. The Morgan fingerprint density at radius 1 is 1.71 bits per heavy atom. The lowest BCUT2D eigenvalue weighted by atomic mass is 10.0. The minimum Gasteiger partial charge on any atom is -0.388 e. The van der Waals surface area contributed by atoms with Crippen LogP contribution in [0.2, 0.25) is 0 Å². The second-order valence-corrected chi connectivity index (χ2v) is 3.40. The molecule has 0 aliphatic heterocycles. The lowest BCUT2D eigenvalue weighted by molar-refractivity contribution is -0.121. The minimum absolute atomic E-state index is 0.0420. The highest BCUT2D eigenvalue weighted by atomic mass is 16.5. The van der Waals surface area contributed by atoms with E-state index < -0.39 is 5.60 Å². The second-order valence-electron chi connectivity index (χ2n) is 3.40. The van der Waals surface area contributed by atoms with Crippen molar-refractivity contribution < 1.29 is 14.6 Å². The third kappa shape index (κ3) is 6.46. The molecule has 0 aromatic rings. The van der Waals surface area contributed by atoms with Crippen molar-refractivity contribution in [3.8, 4) is 12.3 Å². The summed E-state index contributed by atoms with van der Waals surface area (Å²) in [6.07, 6.45) is 5.47. The lowest BCUT2D eigenvalue weighted by Gasteiger charge is -2.22. The molecule has 0 saturated heterocycles. The number of nitrogens with one attached hydrogen (secondary N) is 1. The number of ether oxygens (including phenoxy) is 1. The summed E-state index contributed by atoms with van der Waals surface area (Å²) in [5, 5.41) is 12.3. The van der Waals surface area contributed by atoms with Crippen molar-refractivity contribution in [1.29, 1.82) is 0 Å². The van der Waals surface area contributed by atoms with Crippen LogP contribution in [0, 0.1) is 12.3 Å². The zero-order valence-corrected chi connectivity index (χ0v) is 8.67. The molecule has 2 N–H and O–H groups in total.